The summed E-state index contributed by atoms with van der Waals surface area (Å²) < 4.78 is 56.7. The third-order valence-electron chi connectivity index (χ3n) is 5.49. The molecule has 2 aliphatic heterocycles. The molecule has 2 saturated heterocycles. The molecule has 11 heteroatoms. The number of amides is 1. The van der Waals surface area contributed by atoms with Gasteiger partial charge in [-0.25, -0.2) is 4.98 Å². The number of aromatic nitrogens is 2. The summed E-state index contributed by atoms with van der Waals surface area (Å²) in [6.07, 6.45) is -2.83. The SMILES string of the molecule is Cc1nc(C(=O)N2CC[C@]3(c4ccccn4)OCO[C@@H]3C2)ccc1OCCOC(F)(F)F. The van der Waals surface area contributed by atoms with Gasteiger partial charge in [-0.1, -0.05) is 6.07 Å². The first-order valence-corrected chi connectivity index (χ1v) is 10.1. The summed E-state index contributed by atoms with van der Waals surface area (Å²) in [5.41, 5.74) is 0.700. The Kier molecular flexibility index (Phi) is 6.31. The number of nitrogens with zero attached hydrogens (tertiary/aromatic N) is 3. The van der Waals surface area contributed by atoms with E-state index < -0.39 is 18.6 Å². The van der Waals surface area contributed by atoms with Crippen LogP contribution >= 0.6 is 0 Å². The van der Waals surface area contributed by atoms with Crippen molar-refractivity contribution in [3.05, 3.63) is 53.6 Å². The third-order valence-corrected chi connectivity index (χ3v) is 5.49. The molecule has 2 fully saturated rings. The number of carbonyl (C=O) groups excluding carboxylic acids is 1. The Bertz CT molecular complexity index is 959. The maximum Gasteiger partial charge on any atom is 0.522 e. The smallest absolute Gasteiger partial charge is 0.489 e. The van der Waals surface area contributed by atoms with Crippen LogP contribution in [0.25, 0.3) is 0 Å². The monoisotopic (exact) mass is 453 g/mol. The van der Waals surface area contributed by atoms with E-state index in [1.54, 1.807) is 18.0 Å². The highest BCUT2D eigenvalue weighted by molar-refractivity contribution is 5.92. The first-order chi connectivity index (χ1) is 15.3. The fourth-order valence-corrected chi connectivity index (χ4v) is 3.93. The number of hydrogen-bond acceptors (Lipinski definition) is 7. The van der Waals surface area contributed by atoms with E-state index in [2.05, 4.69) is 14.7 Å². The molecule has 2 aliphatic rings. The van der Waals surface area contributed by atoms with Gasteiger partial charge in [0.1, 0.15) is 36.5 Å². The van der Waals surface area contributed by atoms with Gasteiger partial charge in [0.15, 0.2) is 0 Å². The molecule has 0 radical (unpaired) electrons. The van der Waals surface area contributed by atoms with Gasteiger partial charge >= 0.3 is 6.36 Å². The first kappa shape index (κ1) is 22.4. The zero-order valence-electron chi connectivity index (χ0n) is 17.3. The fraction of sp³-hybridized carbons (Fsp3) is 0.476. The molecule has 0 bridgehead atoms. The Morgan fingerprint density at radius 2 is 2.12 bits per heavy atom. The van der Waals surface area contributed by atoms with E-state index in [1.165, 1.54) is 12.1 Å². The van der Waals surface area contributed by atoms with Crippen molar-refractivity contribution in [3.63, 3.8) is 0 Å². The maximum absolute atomic E-state index is 13.0. The molecule has 8 nitrogen and oxygen atoms in total. The molecule has 1 amide bonds. The third kappa shape index (κ3) is 4.69. The lowest BCUT2D eigenvalue weighted by atomic mass is 9.85. The van der Waals surface area contributed by atoms with E-state index in [0.29, 0.717) is 25.2 Å². The normalized spacial score (nSPS) is 23.1. The number of fused-ring (bicyclic) bond motifs is 1. The molecular formula is C21H22F3N3O5. The Labute approximate surface area is 182 Å². The molecule has 32 heavy (non-hydrogen) atoms. The first-order valence-electron chi connectivity index (χ1n) is 10.1. The molecule has 2 aromatic heterocycles. The van der Waals surface area contributed by atoms with Gasteiger partial charge in [0, 0.05) is 19.2 Å². The van der Waals surface area contributed by atoms with Crippen LogP contribution in [0, 0.1) is 6.92 Å². The van der Waals surface area contributed by atoms with Gasteiger partial charge in [0.05, 0.1) is 24.5 Å². The van der Waals surface area contributed by atoms with Crippen LogP contribution in [-0.4, -0.2) is 66.3 Å². The van der Waals surface area contributed by atoms with Crippen LogP contribution < -0.4 is 4.74 Å². The van der Waals surface area contributed by atoms with E-state index in [1.807, 2.05) is 18.2 Å². The quantitative estimate of drug-likeness (QED) is 0.622. The summed E-state index contributed by atoms with van der Waals surface area (Å²) in [5.74, 6) is 0.0119. The zero-order valence-corrected chi connectivity index (χ0v) is 17.3. The lowest BCUT2D eigenvalue weighted by Crippen LogP contribution is -2.54. The molecule has 4 rings (SSSR count). The summed E-state index contributed by atoms with van der Waals surface area (Å²) in [7, 11) is 0. The van der Waals surface area contributed by atoms with Crippen LogP contribution in [0.4, 0.5) is 13.2 Å². The molecule has 0 saturated carbocycles. The Morgan fingerprint density at radius 3 is 2.84 bits per heavy atom. The molecular weight excluding hydrogens is 431 g/mol. The van der Waals surface area contributed by atoms with Crippen LogP contribution in [0.5, 0.6) is 5.75 Å². The molecule has 0 unspecified atom stereocenters. The summed E-state index contributed by atoms with van der Waals surface area (Å²) in [5, 5.41) is 0. The van der Waals surface area contributed by atoms with Gasteiger partial charge < -0.3 is 19.1 Å². The highest BCUT2D eigenvalue weighted by Crippen LogP contribution is 2.41. The number of rotatable bonds is 6. The Morgan fingerprint density at radius 1 is 1.28 bits per heavy atom. The van der Waals surface area contributed by atoms with Gasteiger partial charge in [-0.2, -0.15) is 0 Å². The molecule has 2 atom stereocenters. The summed E-state index contributed by atoms with van der Waals surface area (Å²) in [4.78, 5) is 23.4. The number of piperidine rings is 1. The van der Waals surface area contributed by atoms with Gasteiger partial charge in [0.2, 0.25) is 0 Å². The van der Waals surface area contributed by atoms with Crippen LogP contribution in [0.15, 0.2) is 36.5 Å². The van der Waals surface area contributed by atoms with Crippen molar-refractivity contribution in [3.8, 4) is 5.75 Å². The molecule has 172 valence electrons. The molecule has 0 N–H and O–H groups in total. The van der Waals surface area contributed by atoms with Crippen molar-refractivity contribution in [1.29, 1.82) is 0 Å². The number of likely N-dealkylation sites (tertiary alicyclic amines) is 1. The zero-order chi connectivity index (χ0) is 22.8. The Hall–Kier alpha value is -2.76. The van der Waals surface area contributed by atoms with E-state index in [4.69, 9.17) is 14.2 Å². The largest absolute Gasteiger partial charge is 0.522 e. The highest BCUT2D eigenvalue weighted by Gasteiger charge is 2.52. The second-order valence-electron chi connectivity index (χ2n) is 7.45. The lowest BCUT2D eigenvalue weighted by Gasteiger charge is -2.41. The number of halogens is 3. The van der Waals surface area contributed by atoms with Gasteiger partial charge in [0.25, 0.3) is 5.91 Å². The van der Waals surface area contributed by atoms with E-state index in [0.717, 1.165) is 5.69 Å². The van der Waals surface area contributed by atoms with E-state index in [-0.39, 0.29) is 36.9 Å². The standard InChI is InChI=1S/C21H22F3N3O5/c1-14-16(29-10-11-31-21(22,23)24)6-5-15(26-14)19(28)27-9-7-20(17-4-2-3-8-25-17)18(12-27)30-13-32-20/h2-6,8,18H,7,9-13H2,1H3/t18-,20-/m1/s1. The van der Waals surface area contributed by atoms with Crippen LogP contribution in [-0.2, 0) is 19.8 Å². The number of pyridine rings is 2. The second-order valence-corrected chi connectivity index (χ2v) is 7.45. The average Bonchev–Trinajstić information content (AvgIpc) is 3.21. The fourth-order valence-electron chi connectivity index (χ4n) is 3.93. The second kappa shape index (κ2) is 9.00. The molecule has 0 aromatic carbocycles. The lowest BCUT2D eigenvalue weighted by molar-refractivity contribution is -0.325. The van der Waals surface area contributed by atoms with Gasteiger partial charge in [-0.3, -0.25) is 14.5 Å². The number of hydrogen-bond donors (Lipinski definition) is 0. The van der Waals surface area contributed by atoms with Crippen molar-refractivity contribution >= 4 is 5.91 Å². The predicted molar refractivity (Wildman–Crippen MR) is 104 cm³/mol. The number of carbonyl (C=O) groups is 1. The Balaban J connectivity index is 1.39. The topological polar surface area (TPSA) is 83.0 Å². The average molecular weight is 453 g/mol. The molecule has 2 aromatic rings. The van der Waals surface area contributed by atoms with Crippen LogP contribution in [0.2, 0.25) is 0 Å². The van der Waals surface area contributed by atoms with Crippen molar-refractivity contribution in [1.82, 2.24) is 14.9 Å². The van der Waals surface area contributed by atoms with Crippen molar-refractivity contribution < 1.29 is 36.9 Å². The van der Waals surface area contributed by atoms with Crippen molar-refractivity contribution in [2.75, 3.05) is 33.1 Å². The van der Waals surface area contributed by atoms with E-state index >= 15 is 0 Å². The molecule has 4 heterocycles. The van der Waals surface area contributed by atoms with Crippen LogP contribution in [0.3, 0.4) is 0 Å². The number of aryl methyl sites for hydroxylation is 1. The maximum atomic E-state index is 13.0. The number of alkyl halides is 3. The minimum atomic E-state index is -4.70. The molecule has 0 aliphatic carbocycles. The molecule has 0 spiro atoms. The van der Waals surface area contributed by atoms with Gasteiger partial charge in [-0.05, 0) is 31.2 Å². The van der Waals surface area contributed by atoms with Crippen molar-refractivity contribution in [2.24, 2.45) is 0 Å². The van der Waals surface area contributed by atoms with E-state index in [9.17, 15) is 18.0 Å². The highest BCUT2D eigenvalue weighted by atomic mass is 19.4. The minimum absolute atomic E-state index is 0.130. The minimum Gasteiger partial charge on any atom is -0.489 e. The van der Waals surface area contributed by atoms with Crippen molar-refractivity contribution in [2.45, 2.75) is 31.4 Å². The summed E-state index contributed by atoms with van der Waals surface area (Å²) >= 11 is 0. The van der Waals surface area contributed by atoms with Gasteiger partial charge in [-0.15, -0.1) is 13.2 Å². The number of ether oxygens (including phenoxy) is 4. The van der Waals surface area contributed by atoms with Crippen LogP contribution in [0.1, 0.15) is 28.3 Å². The summed E-state index contributed by atoms with van der Waals surface area (Å²) in [6, 6.07) is 8.61. The predicted octanol–water partition coefficient (Wildman–Crippen LogP) is 2.81. The summed E-state index contributed by atoms with van der Waals surface area (Å²) in [6.45, 7) is 1.57.